The van der Waals surface area contributed by atoms with E-state index in [1.54, 1.807) is 4.90 Å². The van der Waals surface area contributed by atoms with Crippen LogP contribution in [0.15, 0.2) is 5.16 Å². The van der Waals surface area contributed by atoms with Gasteiger partial charge in [-0.15, -0.1) is 0 Å². The lowest BCUT2D eigenvalue weighted by Crippen LogP contribution is -2.39. The predicted molar refractivity (Wildman–Crippen MR) is 72.5 cm³/mol. The van der Waals surface area contributed by atoms with Gasteiger partial charge in [0.15, 0.2) is 11.8 Å². The molecule has 21 heavy (non-hydrogen) atoms. The average Bonchev–Trinajstić information content (AvgIpc) is 2.94. The molecule has 4 aliphatic rings. The minimum absolute atomic E-state index is 0.0375. The molecule has 1 aliphatic carbocycles. The second-order valence-corrected chi connectivity index (χ2v) is 6.28. The minimum Gasteiger partial charge on any atom is -0.389 e. The molecule has 1 unspecified atom stereocenters. The van der Waals surface area contributed by atoms with Gasteiger partial charge in [0, 0.05) is 19.2 Å². The normalized spacial score (nSPS) is 34.4. The van der Waals surface area contributed by atoms with Crippen molar-refractivity contribution < 1.29 is 19.2 Å². The van der Waals surface area contributed by atoms with Crippen LogP contribution in [0.1, 0.15) is 19.3 Å². The number of ether oxygens (including phenoxy) is 1. The number of carbonyl (C=O) groups is 2. The molecule has 3 atom stereocenters. The number of hydrogen-bond acceptors (Lipinski definition) is 5. The van der Waals surface area contributed by atoms with Crippen molar-refractivity contribution in [2.24, 2.45) is 17.0 Å². The highest BCUT2D eigenvalue weighted by Gasteiger charge is 2.47. The van der Waals surface area contributed by atoms with E-state index in [0.29, 0.717) is 38.1 Å². The van der Waals surface area contributed by atoms with Crippen molar-refractivity contribution in [2.45, 2.75) is 31.4 Å². The first kappa shape index (κ1) is 13.1. The van der Waals surface area contributed by atoms with Gasteiger partial charge in [-0.25, -0.2) is 0 Å². The molecule has 0 radical (unpaired) electrons. The quantitative estimate of drug-likeness (QED) is 0.762. The van der Waals surface area contributed by atoms with Crippen molar-refractivity contribution in [3.63, 3.8) is 0 Å². The molecule has 3 fully saturated rings. The summed E-state index contributed by atoms with van der Waals surface area (Å²) < 4.78 is 5.28. The van der Waals surface area contributed by atoms with Crippen molar-refractivity contribution in [1.29, 1.82) is 0 Å². The molecule has 0 aromatic carbocycles. The Bertz CT molecular complexity index is 496. The summed E-state index contributed by atoms with van der Waals surface area (Å²) >= 11 is 0. The SMILES string of the molecule is O=C(NC1CC1)C1=NO[C@@H]2CN(C(=O)C3CCOC3)C[C@H]12. The Morgan fingerprint density at radius 1 is 1.24 bits per heavy atom. The summed E-state index contributed by atoms with van der Waals surface area (Å²) in [7, 11) is 0. The van der Waals surface area contributed by atoms with Crippen LogP contribution >= 0.6 is 0 Å². The Morgan fingerprint density at radius 2 is 2.10 bits per heavy atom. The number of fused-ring (bicyclic) bond motifs is 1. The zero-order chi connectivity index (χ0) is 14.4. The van der Waals surface area contributed by atoms with Crippen LogP contribution in [0.2, 0.25) is 0 Å². The van der Waals surface area contributed by atoms with E-state index in [1.807, 2.05) is 0 Å². The molecule has 2 saturated heterocycles. The fourth-order valence-electron chi connectivity index (χ4n) is 3.20. The van der Waals surface area contributed by atoms with Gasteiger partial charge >= 0.3 is 0 Å². The van der Waals surface area contributed by atoms with Gasteiger partial charge < -0.3 is 19.8 Å². The summed E-state index contributed by atoms with van der Waals surface area (Å²) in [5.41, 5.74) is 0.449. The van der Waals surface area contributed by atoms with Crippen LogP contribution in [0.3, 0.4) is 0 Å². The third-order valence-corrected chi connectivity index (χ3v) is 4.64. The van der Waals surface area contributed by atoms with E-state index in [0.717, 1.165) is 19.3 Å². The summed E-state index contributed by atoms with van der Waals surface area (Å²) in [6, 6.07) is 0.300. The zero-order valence-corrected chi connectivity index (χ0v) is 11.8. The van der Waals surface area contributed by atoms with E-state index in [4.69, 9.17) is 9.57 Å². The van der Waals surface area contributed by atoms with Crippen molar-refractivity contribution in [3.05, 3.63) is 0 Å². The van der Waals surface area contributed by atoms with Gasteiger partial charge in [0.25, 0.3) is 5.91 Å². The molecule has 1 N–H and O–H groups in total. The first-order chi connectivity index (χ1) is 10.2. The Morgan fingerprint density at radius 3 is 2.81 bits per heavy atom. The third kappa shape index (κ3) is 2.39. The maximum absolute atomic E-state index is 12.4. The van der Waals surface area contributed by atoms with Gasteiger partial charge in [-0.3, -0.25) is 9.59 Å². The highest BCUT2D eigenvalue weighted by Crippen LogP contribution is 2.30. The summed E-state index contributed by atoms with van der Waals surface area (Å²) in [6.45, 7) is 2.21. The van der Waals surface area contributed by atoms with Crippen LogP contribution in [-0.2, 0) is 19.2 Å². The summed E-state index contributed by atoms with van der Waals surface area (Å²) in [4.78, 5) is 31.7. The van der Waals surface area contributed by atoms with E-state index in [-0.39, 0.29) is 29.8 Å². The number of likely N-dealkylation sites (tertiary alicyclic amines) is 1. The summed E-state index contributed by atoms with van der Waals surface area (Å²) in [5.74, 6) is -0.143. The molecular weight excluding hydrogens is 274 g/mol. The van der Waals surface area contributed by atoms with E-state index >= 15 is 0 Å². The number of oxime groups is 1. The van der Waals surface area contributed by atoms with E-state index in [2.05, 4.69) is 10.5 Å². The van der Waals surface area contributed by atoms with Crippen LogP contribution in [0, 0.1) is 11.8 Å². The summed E-state index contributed by atoms with van der Waals surface area (Å²) in [6.07, 6.45) is 2.70. The molecule has 0 aromatic heterocycles. The molecule has 3 heterocycles. The van der Waals surface area contributed by atoms with Gasteiger partial charge in [-0.1, -0.05) is 5.16 Å². The monoisotopic (exact) mass is 293 g/mol. The second kappa shape index (κ2) is 4.98. The number of amides is 2. The van der Waals surface area contributed by atoms with Crippen molar-refractivity contribution in [2.75, 3.05) is 26.3 Å². The average molecular weight is 293 g/mol. The van der Waals surface area contributed by atoms with Crippen LogP contribution in [0.4, 0.5) is 0 Å². The van der Waals surface area contributed by atoms with Crippen molar-refractivity contribution >= 4 is 17.5 Å². The Labute approximate surface area is 122 Å². The molecule has 1 saturated carbocycles. The van der Waals surface area contributed by atoms with Gasteiger partial charge in [0.05, 0.1) is 25.0 Å². The molecule has 0 spiro atoms. The molecule has 7 heteroatoms. The third-order valence-electron chi connectivity index (χ3n) is 4.64. The van der Waals surface area contributed by atoms with E-state index in [9.17, 15) is 9.59 Å². The largest absolute Gasteiger partial charge is 0.389 e. The Hall–Kier alpha value is -1.63. The highest BCUT2D eigenvalue weighted by molar-refractivity contribution is 6.40. The van der Waals surface area contributed by atoms with Crippen molar-refractivity contribution in [3.8, 4) is 0 Å². The molecule has 0 bridgehead atoms. The van der Waals surface area contributed by atoms with E-state index in [1.165, 1.54) is 0 Å². The maximum Gasteiger partial charge on any atom is 0.269 e. The Balaban J connectivity index is 1.39. The molecule has 7 nitrogen and oxygen atoms in total. The second-order valence-electron chi connectivity index (χ2n) is 6.28. The van der Waals surface area contributed by atoms with Gasteiger partial charge in [0.1, 0.15) is 0 Å². The number of rotatable bonds is 3. The van der Waals surface area contributed by atoms with Crippen molar-refractivity contribution in [1.82, 2.24) is 10.2 Å². The summed E-state index contributed by atoms with van der Waals surface area (Å²) in [5, 5.41) is 6.87. The van der Waals surface area contributed by atoms with Crippen LogP contribution in [0.25, 0.3) is 0 Å². The van der Waals surface area contributed by atoms with Crippen LogP contribution in [0.5, 0.6) is 0 Å². The van der Waals surface area contributed by atoms with Crippen LogP contribution in [-0.4, -0.2) is 60.9 Å². The van der Waals surface area contributed by atoms with Gasteiger partial charge in [-0.05, 0) is 19.3 Å². The lowest BCUT2D eigenvalue weighted by Gasteiger charge is -2.19. The van der Waals surface area contributed by atoms with Gasteiger partial charge in [0.2, 0.25) is 5.91 Å². The standard InChI is InChI=1S/C14H19N3O4/c18-13(15-9-1-2-9)12-10-5-17(6-11(10)21-16-12)14(19)8-3-4-20-7-8/h8-11H,1-7H2,(H,15,18)/t8?,10-,11+/m0/s1. The zero-order valence-electron chi connectivity index (χ0n) is 11.8. The highest BCUT2D eigenvalue weighted by atomic mass is 16.6. The molecule has 0 aromatic rings. The lowest BCUT2D eigenvalue weighted by molar-refractivity contribution is -0.135. The molecule has 2 amide bonds. The minimum atomic E-state index is -0.170. The molecular formula is C14H19N3O4. The lowest BCUT2D eigenvalue weighted by atomic mass is 10.0. The Kier molecular flexibility index (Phi) is 3.10. The van der Waals surface area contributed by atoms with Gasteiger partial charge in [-0.2, -0.15) is 0 Å². The topological polar surface area (TPSA) is 80.2 Å². The van der Waals surface area contributed by atoms with E-state index < -0.39 is 0 Å². The fourth-order valence-corrected chi connectivity index (χ4v) is 3.20. The maximum atomic E-state index is 12.4. The first-order valence-corrected chi connectivity index (χ1v) is 7.63. The first-order valence-electron chi connectivity index (χ1n) is 7.63. The number of nitrogens with one attached hydrogen (secondary N) is 1. The number of nitrogens with zero attached hydrogens (tertiary/aromatic N) is 2. The molecule has 114 valence electrons. The van der Waals surface area contributed by atoms with Crippen LogP contribution < -0.4 is 5.32 Å². The smallest absolute Gasteiger partial charge is 0.269 e. The predicted octanol–water partition coefficient (Wildman–Crippen LogP) is -0.485. The molecule has 4 rings (SSSR count). The number of hydrogen-bond donors (Lipinski definition) is 1. The fraction of sp³-hybridized carbons (Fsp3) is 0.786. The molecule has 3 aliphatic heterocycles. The number of carbonyl (C=O) groups excluding carboxylic acids is 2.